The van der Waals surface area contributed by atoms with Crippen molar-refractivity contribution in [3.63, 3.8) is 0 Å². The fourth-order valence-electron chi connectivity index (χ4n) is 2.27. The molecule has 3 N–H and O–H groups in total. The summed E-state index contributed by atoms with van der Waals surface area (Å²) in [6.45, 7) is 7.65. The normalized spacial score (nSPS) is 10.0. The molecule has 0 bridgehead atoms. The first-order chi connectivity index (χ1) is 9.76. The third-order valence-electron chi connectivity index (χ3n) is 3.22. The van der Waals surface area contributed by atoms with E-state index in [0.29, 0.717) is 0 Å². The third-order valence-corrected chi connectivity index (χ3v) is 3.22. The second-order valence-corrected chi connectivity index (χ2v) is 4.64. The molecular weight excluding hydrogens is 244 g/mol. The summed E-state index contributed by atoms with van der Waals surface area (Å²) in [6, 6.07) is 14.1. The molecule has 0 amide bonds. The predicted octanol–water partition coefficient (Wildman–Crippen LogP) is 4.47. The second kappa shape index (κ2) is 6.62. The van der Waals surface area contributed by atoms with Crippen molar-refractivity contribution in [1.82, 2.24) is 0 Å². The molecule has 0 saturated heterocycles. The lowest BCUT2D eigenvalue weighted by molar-refractivity contribution is 1.16. The largest absolute Gasteiger partial charge is 0.398 e. The van der Waals surface area contributed by atoms with Crippen molar-refractivity contribution in [1.29, 1.82) is 0 Å². The van der Waals surface area contributed by atoms with E-state index < -0.39 is 0 Å². The van der Waals surface area contributed by atoms with E-state index in [1.165, 1.54) is 5.56 Å². The molecule has 0 heterocycles. The number of allylic oxidation sites excluding steroid dienone is 2. The standard InChI is InChI=1S/C18H20N2/c1-3-8-15-16(9-4-2)18(13-12-17(15)19)20-14-10-6-5-7-11-14/h3-7,10-13,20H,1-2,8-9,19H2. The Morgan fingerprint density at radius 3 is 2.20 bits per heavy atom. The number of rotatable bonds is 6. The number of hydrogen-bond acceptors (Lipinski definition) is 2. The van der Waals surface area contributed by atoms with Crippen LogP contribution in [0.25, 0.3) is 0 Å². The third kappa shape index (κ3) is 3.09. The minimum atomic E-state index is 0.763. The number of benzene rings is 2. The monoisotopic (exact) mass is 264 g/mol. The van der Waals surface area contributed by atoms with Crippen LogP contribution < -0.4 is 11.1 Å². The van der Waals surface area contributed by atoms with Crippen LogP contribution in [-0.4, -0.2) is 0 Å². The Labute approximate surface area is 120 Å². The van der Waals surface area contributed by atoms with Crippen LogP contribution in [0.5, 0.6) is 0 Å². The molecule has 2 rings (SSSR count). The van der Waals surface area contributed by atoms with Gasteiger partial charge in [0, 0.05) is 17.1 Å². The average molecular weight is 264 g/mol. The van der Waals surface area contributed by atoms with Crippen molar-refractivity contribution in [2.45, 2.75) is 12.8 Å². The first-order valence-corrected chi connectivity index (χ1v) is 6.70. The summed E-state index contributed by atoms with van der Waals surface area (Å²) in [7, 11) is 0. The van der Waals surface area contributed by atoms with E-state index in [4.69, 9.17) is 5.73 Å². The van der Waals surface area contributed by atoms with E-state index in [9.17, 15) is 0 Å². The Morgan fingerprint density at radius 2 is 1.55 bits per heavy atom. The summed E-state index contributed by atoms with van der Waals surface area (Å²) in [5, 5.41) is 3.45. The maximum Gasteiger partial charge on any atom is 0.0424 e. The lowest BCUT2D eigenvalue weighted by atomic mass is 9.97. The summed E-state index contributed by atoms with van der Waals surface area (Å²) in [4.78, 5) is 0. The highest BCUT2D eigenvalue weighted by Crippen LogP contribution is 2.29. The highest BCUT2D eigenvalue weighted by atomic mass is 14.9. The van der Waals surface area contributed by atoms with Gasteiger partial charge in [-0.05, 0) is 48.2 Å². The highest BCUT2D eigenvalue weighted by molar-refractivity contribution is 5.70. The molecule has 2 aromatic carbocycles. The van der Waals surface area contributed by atoms with Crippen molar-refractivity contribution in [2.75, 3.05) is 11.1 Å². The SMILES string of the molecule is C=CCc1c(N)ccc(Nc2ccccc2)c1CC=C. The van der Waals surface area contributed by atoms with Gasteiger partial charge in [0.1, 0.15) is 0 Å². The molecule has 0 radical (unpaired) electrons. The maximum atomic E-state index is 6.09. The Balaban J connectivity index is 2.43. The van der Waals surface area contributed by atoms with E-state index in [1.54, 1.807) is 0 Å². The molecule has 2 nitrogen and oxygen atoms in total. The van der Waals surface area contributed by atoms with Gasteiger partial charge in [0.25, 0.3) is 0 Å². The van der Waals surface area contributed by atoms with Crippen LogP contribution >= 0.6 is 0 Å². The van der Waals surface area contributed by atoms with Gasteiger partial charge in [-0.25, -0.2) is 0 Å². The Morgan fingerprint density at radius 1 is 0.900 bits per heavy atom. The summed E-state index contributed by atoms with van der Waals surface area (Å²) >= 11 is 0. The van der Waals surface area contributed by atoms with Crippen molar-refractivity contribution >= 4 is 17.1 Å². The molecule has 0 aliphatic heterocycles. The van der Waals surface area contributed by atoms with Crippen LogP contribution in [0.1, 0.15) is 11.1 Å². The smallest absolute Gasteiger partial charge is 0.0424 e. The number of hydrogen-bond donors (Lipinski definition) is 2. The predicted molar refractivity (Wildman–Crippen MR) is 88.4 cm³/mol. The van der Waals surface area contributed by atoms with Gasteiger partial charge in [0.05, 0.1) is 0 Å². The number of nitrogens with two attached hydrogens (primary N) is 1. The first-order valence-electron chi connectivity index (χ1n) is 6.70. The molecule has 2 heteroatoms. The number of anilines is 3. The quantitative estimate of drug-likeness (QED) is 0.596. The molecule has 0 fully saturated rings. The summed E-state index contributed by atoms with van der Waals surface area (Å²) in [6.07, 6.45) is 5.32. The van der Waals surface area contributed by atoms with Crippen molar-refractivity contribution in [3.8, 4) is 0 Å². The Bertz CT molecular complexity index is 600. The van der Waals surface area contributed by atoms with Crippen molar-refractivity contribution in [2.24, 2.45) is 0 Å². The average Bonchev–Trinajstić information content (AvgIpc) is 2.47. The first kappa shape index (κ1) is 13.9. The van der Waals surface area contributed by atoms with Gasteiger partial charge >= 0.3 is 0 Å². The van der Waals surface area contributed by atoms with Crippen LogP contribution in [0.2, 0.25) is 0 Å². The van der Waals surface area contributed by atoms with Crippen LogP contribution in [0.3, 0.4) is 0 Å². The zero-order valence-corrected chi connectivity index (χ0v) is 11.6. The summed E-state index contributed by atoms with van der Waals surface area (Å²) < 4.78 is 0. The van der Waals surface area contributed by atoms with E-state index in [0.717, 1.165) is 35.5 Å². The Kier molecular flexibility index (Phi) is 4.61. The molecule has 0 aliphatic carbocycles. The molecule has 0 aliphatic rings. The number of nitrogen functional groups attached to an aromatic ring is 1. The number of para-hydroxylation sites is 1. The summed E-state index contributed by atoms with van der Waals surface area (Å²) in [5.74, 6) is 0. The van der Waals surface area contributed by atoms with Gasteiger partial charge < -0.3 is 11.1 Å². The molecular formula is C18H20N2. The fraction of sp³-hybridized carbons (Fsp3) is 0.111. The molecule has 0 unspecified atom stereocenters. The van der Waals surface area contributed by atoms with E-state index in [2.05, 4.69) is 18.5 Å². The molecule has 0 aromatic heterocycles. The van der Waals surface area contributed by atoms with Crippen LogP contribution in [0, 0.1) is 0 Å². The van der Waals surface area contributed by atoms with Gasteiger partial charge in [-0.3, -0.25) is 0 Å². The van der Waals surface area contributed by atoms with Crippen molar-refractivity contribution in [3.05, 3.63) is 78.9 Å². The number of nitrogens with one attached hydrogen (secondary N) is 1. The summed E-state index contributed by atoms with van der Waals surface area (Å²) in [5.41, 5.74) is 11.3. The van der Waals surface area contributed by atoms with Crippen LogP contribution in [0.15, 0.2) is 67.8 Å². The lowest BCUT2D eigenvalue weighted by Crippen LogP contribution is -2.03. The van der Waals surface area contributed by atoms with E-state index in [-0.39, 0.29) is 0 Å². The minimum absolute atomic E-state index is 0.763. The van der Waals surface area contributed by atoms with Gasteiger partial charge in [-0.1, -0.05) is 30.4 Å². The molecule has 0 saturated carbocycles. The molecule has 2 aromatic rings. The molecule has 102 valence electrons. The second-order valence-electron chi connectivity index (χ2n) is 4.64. The van der Waals surface area contributed by atoms with Gasteiger partial charge in [0.15, 0.2) is 0 Å². The zero-order chi connectivity index (χ0) is 14.4. The van der Waals surface area contributed by atoms with Gasteiger partial charge in [-0.15, -0.1) is 13.2 Å². The Hall–Kier alpha value is -2.48. The van der Waals surface area contributed by atoms with Crippen LogP contribution in [0.4, 0.5) is 17.1 Å². The lowest BCUT2D eigenvalue weighted by Gasteiger charge is -2.17. The molecule has 20 heavy (non-hydrogen) atoms. The van der Waals surface area contributed by atoms with Crippen molar-refractivity contribution < 1.29 is 0 Å². The zero-order valence-electron chi connectivity index (χ0n) is 11.6. The minimum Gasteiger partial charge on any atom is -0.398 e. The maximum absolute atomic E-state index is 6.09. The van der Waals surface area contributed by atoms with Crippen LogP contribution in [-0.2, 0) is 12.8 Å². The van der Waals surface area contributed by atoms with E-state index in [1.807, 2.05) is 54.6 Å². The fourth-order valence-corrected chi connectivity index (χ4v) is 2.27. The van der Waals surface area contributed by atoms with Gasteiger partial charge in [0.2, 0.25) is 0 Å². The molecule has 0 atom stereocenters. The topological polar surface area (TPSA) is 38.0 Å². The van der Waals surface area contributed by atoms with Gasteiger partial charge in [-0.2, -0.15) is 0 Å². The van der Waals surface area contributed by atoms with E-state index >= 15 is 0 Å². The molecule has 0 spiro atoms. The highest BCUT2D eigenvalue weighted by Gasteiger charge is 2.10.